The molecule has 0 unspecified atom stereocenters. The van der Waals surface area contributed by atoms with E-state index in [1.165, 1.54) is 12.3 Å². The molecule has 8 nitrogen and oxygen atoms in total. The normalized spacial score (nSPS) is 14.7. The minimum absolute atomic E-state index is 0.0190. The van der Waals surface area contributed by atoms with Crippen molar-refractivity contribution in [3.63, 3.8) is 0 Å². The third-order valence-corrected chi connectivity index (χ3v) is 5.86. The van der Waals surface area contributed by atoms with Crippen LogP contribution in [0.3, 0.4) is 0 Å². The number of carbonyl (C=O) groups excluding carboxylic acids is 2. The fraction of sp³-hybridized carbons (Fsp3) is 0.261. The Morgan fingerprint density at radius 3 is 2.72 bits per heavy atom. The van der Waals surface area contributed by atoms with Gasteiger partial charge in [-0.05, 0) is 36.1 Å². The Morgan fingerprint density at radius 2 is 2.06 bits per heavy atom. The Morgan fingerprint density at radius 1 is 1.25 bits per heavy atom. The number of nitrogens with one attached hydrogen (secondary N) is 2. The zero-order chi connectivity index (χ0) is 22.4. The van der Waals surface area contributed by atoms with Gasteiger partial charge in [0.05, 0.1) is 5.56 Å². The van der Waals surface area contributed by atoms with Crippen molar-refractivity contribution in [2.24, 2.45) is 13.0 Å². The van der Waals surface area contributed by atoms with Crippen molar-refractivity contribution in [1.29, 1.82) is 0 Å². The molecule has 5 rings (SSSR count). The summed E-state index contributed by atoms with van der Waals surface area (Å²) >= 11 is 0. The highest BCUT2D eigenvalue weighted by Crippen LogP contribution is 2.39. The van der Waals surface area contributed by atoms with E-state index in [9.17, 15) is 9.59 Å². The number of anilines is 1. The highest BCUT2D eigenvalue weighted by molar-refractivity contribution is 6.04. The first-order valence-electron chi connectivity index (χ1n) is 10.4. The molecule has 162 valence electrons. The Bertz CT molecular complexity index is 1290. The standard InChI is InChI=1S/C23H21FN6O2/c1-25-23(32)18-10-26-20(28-22(31)12-3-4-12)17-8-14(7-16(17)18)15-6-5-13(9-19(15)24)21-29-27-11-30(21)2/h5-7,9-12H,3-4,8H2,1-2H3,(H,25,32)(H,26,28,31). The molecule has 0 bridgehead atoms. The first-order chi connectivity index (χ1) is 15.5. The van der Waals surface area contributed by atoms with Gasteiger partial charge in [0.2, 0.25) is 5.91 Å². The van der Waals surface area contributed by atoms with Gasteiger partial charge in [0, 0.05) is 49.3 Å². The number of nitrogens with zero attached hydrogens (tertiary/aromatic N) is 4. The smallest absolute Gasteiger partial charge is 0.253 e. The minimum atomic E-state index is -0.400. The molecule has 32 heavy (non-hydrogen) atoms. The molecular formula is C23H21FN6O2. The number of halogens is 1. The van der Waals surface area contributed by atoms with Gasteiger partial charge in [0.25, 0.3) is 5.91 Å². The van der Waals surface area contributed by atoms with Crippen LogP contribution >= 0.6 is 0 Å². The second-order valence-electron chi connectivity index (χ2n) is 8.06. The molecule has 2 amide bonds. The van der Waals surface area contributed by atoms with E-state index in [0.29, 0.717) is 51.5 Å². The number of hydrogen-bond donors (Lipinski definition) is 2. The zero-order valence-corrected chi connectivity index (χ0v) is 17.6. The van der Waals surface area contributed by atoms with Crippen LogP contribution in [0.25, 0.3) is 23.0 Å². The second kappa shape index (κ2) is 7.67. The molecule has 9 heteroatoms. The van der Waals surface area contributed by atoms with Crippen LogP contribution in [-0.2, 0) is 18.3 Å². The Kier molecular flexibility index (Phi) is 4.80. The number of carbonyl (C=O) groups is 2. The molecule has 0 aliphatic heterocycles. The van der Waals surface area contributed by atoms with E-state index in [4.69, 9.17) is 0 Å². The van der Waals surface area contributed by atoms with E-state index in [-0.39, 0.29) is 17.7 Å². The first kappa shape index (κ1) is 20.0. The van der Waals surface area contributed by atoms with Gasteiger partial charge in [-0.3, -0.25) is 9.59 Å². The van der Waals surface area contributed by atoms with Gasteiger partial charge in [-0.15, -0.1) is 10.2 Å². The van der Waals surface area contributed by atoms with Gasteiger partial charge in [-0.1, -0.05) is 12.1 Å². The summed E-state index contributed by atoms with van der Waals surface area (Å²) in [7, 11) is 3.34. The summed E-state index contributed by atoms with van der Waals surface area (Å²) in [4.78, 5) is 29.0. The monoisotopic (exact) mass is 432 g/mol. The molecule has 2 aliphatic rings. The number of rotatable bonds is 5. The lowest BCUT2D eigenvalue weighted by atomic mass is 10.0. The maximum Gasteiger partial charge on any atom is 0.253 e. The van der Waals surface area contributed by atoms with E-state index < -0.39 is 5.82 Å². The Balaban J connectivity index is 1.52. The molecule has 0 radical (unpaired) electrons. The average molecular weight is 432 g/mol. The van der Waals surface area contributed by atoms with Gasteiger partial charge in [-0.25, -0.2) is 9.37 Å². The number of hydrogen-bond acceptors (Lipinski definition) is 5. The zero-order valence-electron chi connectivity index (χ0n) is 17.6. The predicted octanol–water partition coefficient (Wildman–Crippen LogP) is 2.82. The summed E-state index contributed by atoms with van der Waals surface area (Å²) in [6, 6.07) is 4.92. The van der Waals surface area contributed by atoms with Crippen LogP contribution in [0.1, 0.15) is 39.9 Å². The SMILES string of the molecule is CNC(=O)c1cnc(NC(=O)C2CC2)c2c1C=C(c1ccc(-c3nncn3C)cc1F)C2. The lowest BCUT2D eigenvalue weighted by Crippen LogP contribution is -2.21. The lowest BCUT2D eigenvalue weighted by Gasteiger charge is -2.12. The van der Waals surface area contributed by atoms with Crippen molar-refractivity contribution < 1.29 is 14.0 Å². The molecule has 2 heterocycles. The van der Waals surface area contributed by atoms with Gasteiger partial charge >= 0.3 is 0 Å². The topological polar surface area (TPSA) is 102 Å². The van der Waals surface area contributed by atoms with Crippen molar-refractivity contribution in [1.82, 2.24) is 25.1 Å². The fourth-order valence-corrected chi connectivity index (χ4v) is 3.95. The second-order valence-corrected chi connectivity index (χ2v) is 8.06. The van der Waals surface area contributed by atoms with Gasteiger partial charge < -0.3 is 15.2 Å². The molecule has 1 fully saturated rings. The van der Waals surface area contributed by atoms with E-state index in [1.807, 2.05) is 0 Å². The molecular weight excluding hydrogens is 411 g/mol. The maximum absolute atomic E-state index is 15.1. The van der Waals surface area contributed by atoms with Gasteiger partial charge in [0.1, 0.15) is 18.0 Å². The number of aryl methyl sites for hydroxylation is 1. The third-order valence-electron chi connectivity index (χ3n) is 5.86. The average Bonchev–Trinajstić information content (AvgIpc) is 3.41. The van der Waals surface area contributed by atoms with E-state index in [1.54, 1.807) is 43.2 Å². The summed E-state index contributed by atoms with van der Waals surface area (Å²) < 4.78 is 16.9. The highest BCUT2D eigenvalue weighted by Gasteiger charge is 2.32. The molecule has 0 atom stereocenters. The first-order valence-corrected chi connectivity index (χ1v) is 10.4. The maximum atomic E-state index is 15.1. The molecule has 0 saturated heterocycles. The predicted molar refractivity (Wildman–Crippen MR) is 117 cm³/mol. The van der Waals surface area contributed by atoms with Gasteiger partial charge in [-0.2, -0.15) is 0 Å². The number of fused-ring (bicyclic) bond motifs is 1. The quantitative estimate of drug-likeness (QED) is 0.646. The molecule has 1 saturated carbocycles. The van der Waals surface area contributed by atoms with Gasteiger partial charge in [0.15, 0.2) is 5.82 Å². The van der Waals surface area contributed by atoms with Crippen LogP contribution < -0.4 is 10.6 Å². The Labute approximate surface area is 183 Å². The number of pyridine rings is 1. The number of amides is 2. The third kappa shape index (κ3) is 3.45. The summed E-state index contributed by atoms with van der Waals surface area (Å²) in [6.07, 6.45) is 6.91. The van der Waals surface area contributed by atoms with Crippen LogP contribution in [0.4, 0.5) is 10.2 Å². The summed E-state index contributed by atoms with van der Waals surface area (Å²) in [6.45, 7) is 0. The molecule has 2 N–H and O–H groups in total. The summed E-state index contributed by atoms with van der Waals surface area (Å²) in [5, 5.41) is 13.4. The molecule has 3 aromatic rings. The van der Waals surface area contributed by atoms with E-state index in [2.05, 4.69) is 25.8 Å². The summed E-state index contributed by atoms with van der Waals surface area (Å²) in [5.74, 6) is 0.250. The highest BCUT2D eigenvalue weighted by atomic mass is 19.1. The van der Waals surface area contributed by atoms with Crippen LogP contribution in [0.5, 0.6) is 0 Å². The van der Waals surface area contributed by atoms with Crippen molar-refractivity contribution in [3.8, 4) is 11.4 Å². The minimum Gasteiger partial charge on any atom is -0.355 e. The van der Waals surface area contributed by atoms with Crippen LogP contribution in [0, 0.1) is 11.7 Å². The van der Waals surface area contributed by atoms with Crippen molar-refractivity contribution in [3.05, 3.63) is 58.8 Å². The van der Waals surface area contributed by atoms with Crippen molar-refractivity contribution >= 4 is 29.3 Å². The van der Waals surface area contributed by atoms with Crippen molar-refractivity contribution in [2.75, 3.05) is 12.4 Å². The molecule has 1 aromatic carbocycles. The number of allylic oxidation sites excluding steroid dienone is 1. The molecule has 2 aliphatic carbocycles. The number of benzene rings is 1. The molecule has 2 aromatic heterocycles. The lowest BCUT2D eigenvalue weighted by molar-refractivity contribution is -0.117. The van der Waals surface area contributed by atoms with E-state index in [0.717, 1.165) is 12.8 Å². The fourth-order valence-electron chi connectivity index (χ4n) is 3.95. The Hall–Kier alpha value is -3.88. The van der Waals surface area contributed by atoms with Crippen LogP contribution in [0.15, 0.2) is 30.7 Å². The van der Waals surface area contributed by atoms with Crippen LogP contribution in [0.2, 0.25) is 0 Å². The largest absolute Gasteiger partial charge is 0.355 e. The van der Waals surface area contributed by atoms with Crippen LogP contribution in [-0.4, -0.2) is 38.6 Å². The molecule has 0 spiro atoms. The number of aromatic nitrogens is 4. The van der Waals surface area contributed by atoms with E-state index >= 15 is 4.39 Å². The summed E-state index contributed by atoms with van der Waals surface area (Å²) in [5.41, 5.74) is 3.51. The van der Waals surface area contributed by atoms with Crippen molar-refractivity contribution in [2.45, 2.75) is 19.3 Å².